The van der Waals surface area contributed by atoms with Gasteiger partial charge in [0.2, 0.25) is 0 Å². The smallest absolute Gasteiger partial charge is 0.0685 e. The second kappa shape index (κ2) is 4.60. The van der Waals surface area contributed by atoms with Crippen LogP contribution in [0.1, 0.15) is 44.4 Å². The standard InChI is InChI=1S/C17H25NO/c1-11-7-5-6-8-13(11)12(2)18-15-14-9-10-19-16(14)17(15,3)4/h5-8,12,14-16,18H,9-10H2,1-4H3. The van der Waals surface area contributed by atoms with E-state index in [2.05, 4.69) is 57.3 Å². The quantitative estimate of drug-likeness (QED) is 0.897. The lowest BCUT2D eigenvalue weighted by Crippen LogP contribution is -2.66. The molecule has 0 spiro atoms. The number of benzene rings is 1. The van der Waals surface area contributed by atoms with E-state index in [1.165, 1.54) is 17.5 Å². The van der Waals surface area contributed by atoms with E-state index in [0.717, 1.165) is 6.61 Å². The zero-order valence-corrected chi connectivity index (χ0v) is 12.4. The number of nitrogens with one attached hydrogen (secondary N) is 1. The summed E-state index contributed by atoms with van der Waals surface area (Å²) in [4.78, 5) is 0. The maximum Gasteiger partial charge on any atom is 0.0685 e. The molecule has 2 nitrogen and oxygen atoms in total. The fourth-order valence-corrected chi connectivity index (χ4v) is 4.09. The molecule has 1 aliphatic carbocycles. The number of fused-ring (bicyclic) bond motifs is 1. The third-order valence-electron chi connectivity index (χ3n) is 5.19. The largest absolute Gasteiger partial charge is 0.377 e. The molecular formula is C17H25NO. The number of hydrogen-bond acceptors (Lipinski definition) is 2. The molecule has 2 fully saturated rings. The molecule has 1 saturated carbocycles. The van der Waals surface area contributed by atoms with Crippen LogP contribution in [0.15, 0.2) is 24.3 Å². The summed E-state index contributed by atoms with van der Waals surface area (Å²) in [6.45, 7) is 10.1. The summed E-state index contributed by atoms with van der Waals surface area (Å²) in [5.41, 5.74) is 3.05. The summed E-state index contributed by atoms with van der Waals surface area (Å²) in [5, 5.41) is 3.86. The highest BCUT2D eigenvalue weighted by Crippen LogP contribution is 2.52. The number of rotatable bonds is 3. The van der Waals surface area contributed by atoms with Crippen molar-refractivity contribution in [2.24, 2.45) is 11.3 Å². The molecule has 0 aromatic heterocycles. The van der Waals surface area contributed by atoms with Crippen LogP contribution in [-0.4, -0.2) is 18.8 Å². The van der Waals surface area contributed by atoms with E-state index in [0.29, 0.717) is 24.1 Å². The molecule has 1 saturated heterocycles. The Morgan fingerprint density at radius 2 is 2.05 bits per heavy atom. The van der Waals surface area contributed by atoms with Crippen LogP contribution in [0.3, 0.4) is 0 Å². The van der Waals surface area contributed by atoms with Crippen molar-refractivity contribution < 1.29 is 4.74 Å². The van der Waals surface area contributed by atoms with E-state index in [1.54, 1.807) is 0 Å². The first-order chi connectivity index (χ1) is 9.01. The molecule has 0 radical (unpaired) electrons. The Morgan fingerprint density at radius 3 is 2.79 bits per heavy atom. The Morgan fingerprint density at radius 1 is 1.32 bits per heavy atom. The maximum absolute atomic E-state index is 5.87. The molecule has 104 valence electrons. The van der Waals surface area contributed by atoms with Crippen LogP contribution in [0.5, 0.6) is 0 Å². The maximum atomic E-state index is 5.87. The van der Waals surface area contributed by atoms with E-state index in [-0.39, 0.29) is 5.41 Å². The highest BCUT2D eigenvalue weighted by molar-refractivity contribution is 5.29. The van der Waals surface area contributed by atoms with E-state index in [9.17, 15) is 0 Å². The number of ether oxygens (including phenoxy) is 1. The van der Waals surface area contributed by atoms with Gasteiger partial charge in [-0.05, 0) is 31.4 Å². The summed E-state index contributed by atoms with van der Waals surface area (Å²) >= 11 is 0. The van der Waals surface area contributed by atoms with Gasteiger partial charge in [0, 0.05) is 30.0 Å². The molecule has 2 heteroatoms. The number of aryl methyl sites for hydroxylation is 1. The third-order valence-corrected chi connectivity index (χ3v) is 5.19. The van der Waals surface area contributed by atoms with Gasteiger partial charge in [-0.3, -0.25) is 0 Å². The molecular weight excluding hydrogens is 234 g/mol. The zero-order chi connectivity index (χ0) is 13.6. The van der Waals surface area contributed by atoms with Crippen molar-refractivity contribution in [2.45, 2.75) is 52.3 Å². The highest BCUT2D eigenvalue weighted by Gasteiger charge is 2.59. The van der Waals surface area contributed by atoms with Crippen molar-refractivity contribution >= 4 is 0 Å². The molecule has 1 heterocycles. The predicted octanol–water partition coefficient (Wildman–Crippen LogP) is 3.46. The van der Waals surface area contributed by atoms with E-state index >= 15 is 0 Å². The Kier molecular flexibility index (Phi) is 3.18. The van der Waals surface area contributed by atoms with E-state index in [4.69, 9.17) is 4.74 Å². The first kappa shape index (κ1) is 13.1. The summed E-state index contributed by atoms with van der Waals surface area (Å²) in [6.07, 6.45) is 1.68. The van der Waals surface area contributed by atoms with Gasteiger partial charge >= 0.3 is 0 Å². The fourth-order valence-electron chi connectivity index (χ4n) is 4.09. The van der Waals surface area contributed by atoms with Gasteiger partial charge < -0.3 is 10.1 Å². The van der Waals surface area contributed by atoms with Crippen LogP contribution in [-0.2, 0) is 4.74 Å². The fraction of sp³-hybridized carbons (Fsp3) is 0.647. The monoisotopic (exact) mass is 259 g/mol. The van der Waals surface area contributed by atoms with Crippen molar-refractivity contribution in [3.05, 3.63) is 35.4 Å². The molecule has 0 bridgehead atoms. The minimum atomic E-state index is 0.262. The molecule has 3 rings (SSSR count). The molecule has 1 aromatic carbocycles. The Hall–Kier alpha value is -0.860. The molecule has 4 unspecified atom stereocenters. The average molecular weight is 259 g/mol. The first-order valence-electron chi connectivity index (χ1n) is 7.45. The van der Waals surface area contributed by atoms with Crippen molar-refractivity contribution in [3.63, 3.8) is 0 Å². The molecule has 0 amide bonds. The van der Waals surface area contributed by atoms with Gasteiger partial charge in [-0.25, -0.2) is 0 Å². The van der Waals surface area contributed by atoms with Gasteiger partial charge in [0.15, 0.2) is 0 Å². The Balaban J connectivity index is 1.74. The van der Waals surface area contributed by atoms with Crippen LogP contribution < -0.4 is 5.32 Å². The minimum Gasteiger partial charge on any atom is -0.377 e. The van der Waals surface area contributed by atoms with Crippen LogP contribution in [0.25, 0.3) is 0 Å². The molecule has 1 aromatic rings. The van der Waals surface area contributed by atoms with Gasteiger partial charge in [0.05, 0.1) is 6.10 Å². The van der Waals surface area contributed by atoms with Crippen molar-refractivity contribution in [1.29, 1.82) is 0 Å². The lowest BCUT2D eigenvalue weighted by molar-refractivity contribution is -0.115. The molecule has 19 heavy (non-hydrogen) atoms. The first-order valence-corrected chi connectivity index (χ1v) is 7.45. The normalized spacial score (nSPS) is 33.6. The average Bonchev–Trinajstić information content (AvgIpc) is 2.83. The second-order valence-electron chi connectivity index (χ2n) is 6.79. The van der Waals surface area contributed by atoms with E-state index in [1.807, 2.05) is 0 Å². The van der Waals surface area contributed by atoms with Crippen molar-refractivity contribution in [3.8, 4) is 0 Å². The van der Waals surface area contributed by atoms with Crippen LogP contribution in [0, 0.1) is 18.3 Å². The van der Waals surface area contributed by atoms with Crippen molar-refractivity contribution in [2.75, 3.05) is 6.61 Å². The third kappa shape index (κ3) is 2.02. The second-order valence-corrected chi connectivity index (χ2v) is 6.79. The van der Waals surface area contributed by atoms with Crippen LogP contribution in [0.2, 0.25) is 0 Å². The summed E-state index contributed by atoms with van der Waals surface area (Å²) in [7, 11) is 0. The Bertz CT molecular complexity index is 468. The highest BCUT2D eigenvalue weighted by atomic mass is 16.5. The lowest BCUT2D eigenvalue weighted by Gasteiger charge is -2.55. The molecule has 2 aliphatic rings. The lowest BCUT2D eigenvalue weighted by atomic mass is 9.57. The summed E-state index contributed by atoms with van der Waals surface area (Å²) in [5.74, 6) is 0.710. The van der Waals surface area contributed by atoms with Crippen LogP contribution in [0.4, 0.5) is 0 Å². The minimum absolute atomic E-state index is 0.262. The van der Waals surface area contributed by atoms with Gasteiger partial charge in [-0.2, -0.15) is 0 Å². The van der Waals surface area contributed by atoms with Crippen LogP contribution >= 0.6 is 0 Å². The molecule has 1 N–H and O–H groups in total. The van der Waals surface area contributed by atoms with Gasteiger partial charge in [0.1, 0.15) is 0 Å². The van der Waals surface area contributed by atoms with Gasteiger partial charge in [-0.15, -0.1) is 0 Å². The molecule has 4 atom stereocenters. The summed E-state index contributed by atoms with van der Waals surface area (Å²) in [6, 6.07) is 9.66. The SMILES string of the molecule is Cc1ccccc1C(C)NC1C2CCOC2C1(C)C. The zero-order valence-electron chi connectivity index (χ0n) is 12.4. The predicted molar refractivity (Wildman–Crippen MR) is 78.1 cm³/mol. The summed E-state index contributed by atoms with van der Waals surface area (Å²) < 4.78 is 5.87. The van der Waals surface area contributed by atoms with E-state index < -0.39 is 0 Å². The number of hydrogen-bond donors (Lipinski definition) is 1. The topological polar surface area (TPSA) is 21.3 Å². The van der Waals surface area contributed by atoms with Gasteiger partial charge in [-0.1, -0.05) is 38.1 Å². The molecule has 1 aliphatic heterocycles. The van der Waals surface area contributed by atoms with Crippen molar-refractivity contribution in [1.82, 2.24) is 5.32 Å². The Labute approximate surface area is 116 Å². The van der Waals surface area contributed by atoms with Gasteiger partial charge in [0.25, 0.3) is 0 Å².